The van der Waals surface area contributed by atoms with Gasteiger partial charge in [0, 0.05) is 18.1 Å². The van der Waals surface area contributed by atoms with Crippen molar-refractivity contribution in [3.05, 3.63) is 0 Å². The van der Waals surface area contributed by atoms with E-state index in [2.05, 4.69) is 38.0 Å². The van der Waals surface area contributed by atoms with E-state index >= 15 is 0 Å². The molecule has 0 bridgehead atoms. The number of likely N-dealkylation sites (N-methyl/N-ethyl adjacent to an activating group) is 1. The molecule has 0 amide bonds. The summed E-state index contributed by atoms with van der Waals surface area (Å²) in [6.45, 7) is 9.38. The Morgan fingerprint density at radius 2 is 2.06 bits per heavy atom. The van der Waals surface area contributed by atoms with E-state index in [0.717, 1.165) is 6.04 Å². The monoisotopic (exact) mass is 226 g/mol. The Morgan fingerprint density at radius 1 is 1.31 bits per heavy atom. The lowest BCUT2D eigenvalue weighted by Gasteiger charge is -2.36. The van der Waals surface area contributed by atoms with Gasteiger partial charge in [-0.25, -0.2) is 0 Å². The molecule has 0 spiro atoms. The molecule has 0 aromatic heterocycles. The van der Waals surface area contributed by atoms with Crippen LogP contribution in [-0.4, -0.2) is 36.6 Å². The van der Waals surface area contributed by atoms with Crippen LogP contribution in [0.2, 0.25) is 0 Å². The summed E-state index contributed by atoms with van der Waals surface area (Å²) in [7, 11) is 2.29. The minimum Gasteiger partial charge on any atom is -0.310 e. The highest BCUT2D eigenvalue weighted by molar-refractivity contribution is 4.95. The van der Waals surface area contributed by atoms with Crippen LogP contribution in [0.3, 0.4) is 0 Å². The molecule has 1 saturated heterocycles. The van der Waals surface area contributed by atoms with Gasteiger partial charge in [-0.1, -0.05) is 26.7 Å². The Bertz CT molecular complexity index is 185. The van der Waals surface area contributed by atoms with Crippen LogP contribution in [0.25, 0.3) is 0 Å². The molecule has 0 radical (unpaired) electrons. The van der Waals surface area contributed by atoms with Crippen LogP contribution in [0.5, 0.6) is 0 Å². The van der Waals surface area contributed by atoms with Gasteiger partial charge in [0.2, 0.25) is 0 Å². The van der Waals surface area contributed by atoms with Crippen molar-refractivity contribution >= 4 is 0 Å². The molecule has 1 heterocycles. The van der Waals surface area contributed by atoms with Gasteiger partial charge in [-0.05, 0) is 46.2 Å². The highest BCUT2D eigenvalue weighted by Gasteiger charge is 2.34. The lowest BCUT2D eigenvalue weighted by atomic mass is 9.90. The van der Waals surface area contributed by atoms with Crippen LogP contribution in [0.4, 0.5) is 0 Å². The lowest BCUT2D eigenvalue weighted by molar-refractivity contribution is 0.168. The quantitative estimate of drug-likeness (QED) is 0.718. The molecule has 1 N–H and O–H groups in total. The van der Waals surface area contributed by atoms with E-state index in [4.69, 9.17) is 0 Å². The third-order valence-corrected chi connectivity index (χ3v) is 4.07. The van der Waals surface area contributed by atoms with Gasteiger partial charge < -0.3 is 10.2 Å². The van der Waals surface area contributed by atoms with Crippen molar-refractivity contribution in [2.75, 3.05) is 20.1 Å². The average molecular weight is 226 g/mol. The first-order chi connectivity index (χ1) is 7.63. The maximum atomic E-state index is 3.76. The van der Waals surface area contributed by atoms with Crippen LogP contribution in [0.15, 0.2) is 0 Å². The molecule has 2 nitrogen and oxygen atoms in total. The number of hydrogen-bond acceptors (Lipinski definition) is 2. The van der Waals surface area contributed by atoms with E-state index in [1.807, 2.05) is 0 Å². The third kappa shape index (κ3) is 3.74. The fourth-order valence-corrected chi connectivity index (χ4v) is 3.05. The first kappa shape index (κ1) is 14.0. The Labute approximate surface area is 102 Å². The van der Waals surface area contributed by atoms with Gasteiger partial charge in [-0.2, -0.15) is 0 Å². The summed E-state index contributed by atoms with van der Waals surface area (Å²) < 4.78 is 0. The normalized spacial score (nSPS) is 27.6. The number of hydrogen-bond donors (Lipinski definition) is 1. The van der Waals surface area contributed by atoms with Gasteiger partial charge >= 0.3 is 0 Å². The third-order valence-electron chi connectivity index (χ3n) is 4.07. The summed E-state index contributed by atoms with van der Waals surface area (Å²) in [5.74, 6) is 0. The topological polar surface area (TPSA) is 15.3 Å². The predicted octanol–water partition coefficient (Wildman–Crippen LogP) is 3.03. The smallest absolute Gasteiger partial charge is 0.0309 e. The first-order valence-corrected chi connectivity index (χ1v) is 7.09. The van der Waals surface area contributed by atoms with Gasteiger partial charge in [0.05, 0.1) is 0 Å². The average Bonchev–Trinajstić information content (AvgIpc) is 2.67. The van der Waals surface area contributed by atoms with Crippen molar-refractivity contribution in [3.8, 4) is 0 Å². The molecule has 1 aliphatic rings. The summed E-state index contributed by atoms with van der Waals surface area (Å²) >= 11 is 0. The van der Waals surface area contributed by atoms with Gasteiger partial charge in [0.1, 0.15) is 0 Å². The molecule has 16 heavy (non-hydrogen) atoms. The second kappa shape index (κ2) is 6.61. The maximum absolute atomic E-state index is 3.76. The molecule has 0 saturated carbocycles. The summed E-state index contributed by atoms with van der Waals surface area (Å²) in [6, 6.07) is 0.723. The van der Waals surface area contributed by atoms with Crippen molar-refractivity contribution < 1.29 is 0 Å². The van der Waals surface area contributed by atoms with Crippen LogP contribution >= 0.6 is 0 Å². The summed E-state index contributed by atoms with van der Waals surface area (Å²) in [5.41, 5.74) is 0.422. The van der Waals surface area contributed by atoms with Gasteiger partial charge in [-0.3, -0.25) is 0 Å². The zero-order valence-corrected chi connectivity index (χ0v) is 11.7. The molecule has 96 valence electrons. The predicted molar refractivity (Wildman–Crippen MR) is 71.9 cm³/mol. The zero-order valence-electron chi connectivity index (χ0n) is 11.7. The minimum absolute atomic E-state index is 0.422. The van der Waals surface area contributed by atoms with Crippen molar-refractivity contribution in [3.63, 3.8) is 0 Å². The Kier molecular flexibility index (Phi) is 5.77. The number of rotatable bonds is 7. The van der Waals surface area contributed by atoms with Crippen LogP contribution in [-0.2, 0) is 0 Å². The minimum atomic E-state index is 0.422. The van der Waals surface area contributed by atoms with E-state index < -0.39 is 0 Å². The van der Waals surface area contributed by atoms with Crippen molar-refractivity contribution in [2.24, 2.45) is 0 Å². The van der Waals surface area contributed by atoms with Crippen molar-refractivity contribution in [2.45, 2.75) is 70.9 Å². The molecule has 2 atom stereocenters. The molecule has 0 aromatic rings. The van der Waals surface area contributed by atoms with Gasteiger partial charge in [0.15, 0.2) is 0 Å². The summed E-state index contributed by atoms with van der Waals surface area (Å²) in [5, 5.41) is 3.76. The van der Waals surface area contributed by atoms with Crippen LogP contribution in [0.1, 0.15) is 59.3 Å². The van der Waals surface area contributed by atoms with E-state index in [-0.39, 0.29) is 0 Å². The largest absolute Gasteiger partial charge is 0.310 e. The SMILES string of the molecule is CCCC(C)N(C)CC1(CCC)CCCN1. The van der Waals surface area contributed by atoms with Crippen LogP contribution in [0, 0.1) is 0 Å². The summed E-state index contributed by atoms with van der Waals surface area (Å²) in [6.07, 6.45) is 7.96. The van der Waals surface area contributed by atoms with Gasteiger partial charge in [0.25, 0.3) is 0 Å². The molecule has 0 aromatic carbocycles. The van der Waals surface area contributed by atoms with Crippen LogP contribution < -0.4 is 5.32 Å². The second-order valence-corrected chi connectivity index (χ2v) is 5.61. The standard InChI is InChI=1S/C14H30N2/c1-5-8-13(3)16(4)12-14(9-6-2)10-7-11-15-14/h13,15H,5-12H2,1-4H3. The maximum Gasteiger partial charge on any atom is 0.0309 e. The van der Waals surface area contributed by atoms with Gasteiger partial charge in [-0.15, -0.1) is 0 Å². The highest BCUT2D eigenvalue weighted by Crippen LogP contribution is 2.26. The van der Waals surface area contributed by atoms with Crippen molar-refractivity contribution in [1.82, 2.24) is 10.2 Å². The van der Waals surface area contributed by atoms with E-state index in [0.29, 0.717) is 5.54 Å². The number of nitrogens with one attached hydrogen (secondary N) is 1. The molecular formula is C14H30N2. The fraction of sp³-hybridized carbons (Fsp3) is 1.00. The number of nitrogens with zero attached hydrogens (tertiary/aromatic N) is 1. The van der Waals surface area contributed by atoms with E-state index in [1.165, 1.54) is 51.6 Å². The van der Waals surface area contributed by atoms with E-state index in [9.17, 15) is 0 Å². The molecule has 1 rings (SSSR count). The van der Waals surface area contributed by atoms with Crippen molar-refractivity contribution in [1.29, 1.82) is 0 Å². The first-order valence-electron chi connectivity index (χ1n) is 7.09. The zero-order chi connectivity index (χ0) is 12.0. The Hall–Kier alpha value is -0.0800. The molecular weight excluding hydrogens is 196 g/mol. The fourth-order valence-electron chi connectivity index (χ4n) is 3.05. The molecule has 1 aliphatic heterocycles. The molecule has 2 heteroatoms. The Morgan fingerprint density at radius 3 is 2.56 bits per heavy atom. The lowest BCUT2D eigenvalue weighted by Crippen LogP contribution is -2.50. The summed E-state index contributed by atoms with van der Waals surface area (Å²) in [4.78, 5) is 2.55. The molecule has 1 fully saturated rings. The Balaban J connectivity index is 2.47. The highest BCUT2D eigenvalue weighted by atomic mass is 15.2. The molecule has 2 unspecified atom stereocenters. The van der Waals surface area contributed by atoms with E-state index in [1.54, 1.807) is 0 Å². The molecule has 0 aliphatic carbocycles. The second-order valence-electron chi connectivity index (χ2n) is 5.61.